The molecular weight excluding hydrogens is 178 g/mol. The fraction of sp³-hybridized carbons (Fsp3) is 0.455. The maximum Gasteiger partial charge on any atom is 0.137 e. The number of carbonyl (C=O) groups is 1. The molecule has 74 valence electrons. The highest BCUT2D eigenvalue weighted by Crippen LogP contribution is 2.32. The van der Waals surface area contributed by atoms with Crippen molar-refractivity contribution < 1.29 is 9.53 Å². The molecule has 0 N–H and O–H groups in total. The van der Waals surface area contributed by atoms with Gasteiger partial charge in [0.1, 0.15) is 11.5 Å². The fourth-order valence-corrected chi connectivity index (χ4v) is 1.87. The lowest BCUT2D eigenvalue weighted by molar-refractivity contribution is -0.117. The van der Waals surface area contributed by atoms with Gasteiger partial charge in [-0.2, -0.15) is 0 Å². The zero-order chi connectivity index (χ0) is 9.97. The monoisotopic (exact) mass is 191 g/mol. The van der Waals surface area contributed by atoms with Crippen LogP contribution in [0, 0.1) is 0 Å². The van der Waals surface area contributed by atoms with Gasteiger partial charge in [-0.25, -0.2) is 0 Å². The molecule has 0 bridgehead atoms. The summed E-state index contributed by atoms with van der Waals surface area (Å²) < 4.78 is 5.09. The van der Waals surface area contributed by atoms with E-state index < -0.39 is 0 Å². The molecule has 1 saturated carbocycles. The Kier molecular flexibility index (Phi) is 2.48. The molecule has 0 amide bonds. The topological polar surface area (TPSA) is 39.2 Å². The second kappa shape index (κ2) is 3.78. The minimum Gasteiger partial charge on any atom is -0.495 e. The van der Waals surface area contributed by atoms with E-state index in [0.29, 0.717) is 24.5 Å². The summed E-state index contributed by atoms with van der Waals surface area (Å²) in [7, 11) is 1.63. The Bertz CT molecular complexity index is 349. The molecule has 1 fully saturated rings. The van der Waals surface area contributed by atoms with Gasteiger partial charge < -0.3 is 4.74 Å². The quantitative estimate of drug-likeness (QED) is 0.717. The van der Waals surface area contributed by atoms with Crippen LogP contribution in [0.4, 0.5) is 0 Å². The van der Waals surface area contributed by atoms with Crippen molar-refractivity contribution in [2.45, 2.75) is 25.2 Å². The number of ketones is 1. The van der Waals surface area contributed by atoms with Gasteiger partial charge in [-0.05, 0) is 24.0 Å². The van der Waals surface area contributed by atoms with Gasteiger partial charge >= 0.3 is 0 Å². The first-order chi connectivity index (χ1) is 6.79. The number of hydrogen-bond acceptors (Lipinski definition) is 3. The smallest absolute Gasteiger partial charge is 0.137 e. The van der Waals surface area contributed by atoms with E-state index in [1.54, 1.807) is 13.3 Å². The number of aromatic nitrogens is 1. The highest BCUT2D eigenvalue weighted by atomic mass is 16.5. The van der Waals surface area contributed by atoms with Crippen LogP contribution in [-0.2, 0) is 4.79 Å². The predicted octanol–water partition coefficient (Wildman–Crippen LogP) is 1.93. The average Bonchev–Trinajstić information content (AvgIpc) is 2.65. The van der Waals surface area contributed by atoms with Crippen LogP contribution >= 0.6 is 0 Å². The van der Waals surface area contributed by atoms with Gasteiger partial charge in [0.15, 0.2) is 0 Å². The molecule has 1 aliphatic rings. The highest BCUT2D eigenvalue weighted by molar-refractivity contribution is 5.81. The van der Waals surface area contributed by atoms with Gasteiger partial charge in [-0.1, -0.05) is 0 Å². The standard InChI is InChI=1S/C11H13NO2/c1-14-11-5-9(6-12-7-11)8-2-3-10(13)4-8/h5-8H,2-4H2,1H3. The van der Waals surface area contributed by atoms with E-state index in [9.17, 15) is 4.79 Å². The number of pyridine rings is 1. The summed E-state index contributed by atoms with van der Waals surface area (Å²) in [6.45, 7) is 0. The molecule has 0 radical (unpaired) electrons. The maximum atomic E-state index is 11.1. The molecule has 2 rings (SSSR count). The van der Waals surface area contributed by atoms with Gasteiger partial charge in [-0.15, -0.1) is 0 Å². The number of Topliss-reactive ketones (excluding diaryl/α,β-unsaturated/α-hetero) is 1. The lowest BCUT2D eigenvalue weighted by Crippen LogP contribution is -1.96. The predicted molar refractivity (Wildman–Crippen MR) is 52.4 cm³/mol. The van der Waals surface area contributed by atoms with Gasteiger partial charge in [0.05, 0.1) is 13.3 Å². The normalized spacial score (nSPS) is 21.2. The van der Waals surface area contributed by atoms with Crippen molar-refractivity contribution in [3.05, 3.63) is 24.0 Å². The number of carbonyl (C=O) groups excluding carboxylic acids is 1. The van der Waals surface area contributed by atoms with E-state index in [4.69, 9.17) is 4.74 Å². The lowest BCUT2D eigenvalue weighted by atomic mass is 9.99. The molecule has 0 aromatic carbocycles. The van der Waals surface area contributed by atoms with Crippen molar-refractivity contribution in [1.82, 2.24) is 4.98 Å². The van der Waals surface area contributed by atoms with E-state index in [1.807, 2.05) is 12.3 Å². The number of rotatable bonds is 2. The summed E-state index contributed by atoms with van der Waals surface area (Å²) in [5.41, 5.74) is 1.12. The second-order valence-electron chi connectivity index (χ2n) is 3.64. The van der Waals surface area contributed by atoms with E-state index in [2.05, 4.69) is 4.98 Å². The van der Waals surface area contributed by atoms with E-state index in [1.165, 1.54) is 0 Å². The third-order valence-corrected chi connectivity index (χ3v) is 2.69. The summed E-state index contributed by atoms with van der Waals surface area (Å²) >= 11 is 0. The molecule has 0 aliphatic heterocycles. The summed E-state index contributed by atoms with van der Waals surface area (Å²) in [5, 5.41) is 0. The number of ether oxygens (including phenoxy) is 1. The lowest BCUT2D eigenvalue weighted by Gasteiger charge is -2.08. The molecule has 1 aliphatic carbocycles. The third-order valence-electron chi connectivity index (χ3n) is 2.69. The average molecular weight is 191 g/mol. The fourth-order valence-electron chi connectivity index (χ4n) is 1.87. The Labute approximate surface area is 83.1 Å². The Morgan fingerprint density at radius 2 is 2.36 bits per heavy atom. The SMILES string of the molecule is COc1cncc(C2CCC(=O)C2)c1. The van der Waals surface area contributed by atoms with Gasteiger partial charge in [0.25, 0.3) is 0 Å². The van der Waals surface area contributed by atoms with Gasteiger partial charge in [0.2, 0.25) is 0 Å². The molecule has 0 spiro atoms. The summed E-state index contributed by atoms with van der Waals surface area (Å²) in [5.74, 6) is 1.48. The van der Waals surface area contributed by atoms with Crippen LogP contribution in [0.15, 0.2) is 18.5 Å². The van der Waals surface area contributed by atoms with E-state index in [0.717, 1.165) is 17.7 Å². The molecule has 1 aromatic rings. The molecule has 3 heteroatoms. The van der Waals surface area contributed by atoms with Crippen LogP contribution in [0.2, 0.25) is 0 Å². The molecule has 14 heavy (non-hydrogen) atoms. The molecule has 1 unspecified atom stereocenters. The Hall–Kier alpha value is -1.38. The molecule has 1 aromatic heterocycles. The van der Waals surface area contributed by atoms with Crippen molar-refractivity contribution in [1.29, 1.82) is 0 Å². The van der Waals surface area contributed by atoms with E-state index >= 15 is 0 Å². The summed E-state index contributed by atoms with van der Waals surface area (Å²) in [6, 6.07) is 1.97. The van der Waals surface area contributed by atoms with Crippen molar-refractivity contribution in [2.24, 2.45) is 0 Å². The third kappa shape index (κ3) is 1.76. The molecular formula is C11H13NO2. The Balaban J connectivity index is 2.19. The molecule has 1 heterocycles. The van der Waals surface area contributed by atoms with Crippen molar-refractivity contribution >= 4 is 5.78 Å². The maximum absolute atomic E-state index is 11.1. The first-order valence-corrected chi connectivity index (χ1v) is 4.80. The largest absolute Gasteiger partial charge is 0.495 e. The second-order valence-corrected chi connectivity index (χ2v) is 3.64. The van der Waals surface area contributed by atoms with Crippen LogP contribution < -0.4 is 4.74 Å². The first-order valence-electron chi connectivity index (χ1n) is 4.80. The van der Waals surface area contributed by atoms with Crippen molar-refractivity contribution in [3.63, 3.8) is 0 Å². The van der Waals surface area contributed by atoms with Crippen molar-refractivity contribution in [2.75, 3.05) is 7.11 Å². The van der Waals surface area contributed by atoms with Crippen LogP contribution in [-0.4, -0.2) is 17.9 Å². The Morgan fingerprint density at radius 1 is 1.50 bits per heavy atom. The van der Waals surface area contributed by atoms with Crippen molar-refractivity contribution in [3.8, 4) is 5.75 Å². The van der Waals surface area contributed by atoms with Crippen LogP contribution in [0.3, 0.4) is 0 Å². The first kappa shape index (κ1) is 9.19. The van der Waals surface area contributed by atoms with Crippen LogP contribution in [0.5, 0.6) is 5.75 Å². The van der Waals surface area contributed by atoms with Gasteiger partial charge in [0, 0.05) is 19.0 Å². The number of hydrogen-bond donors (Lipinski definition) is 0. The molecule has 0 saturated heterocycles. The number of methoxy groups -OCH3 is 1. The minimum atomic E-state index is 0.352. The highest BCUT2D eigenvalue weighted by Gasteiger charge is 2.23. The summed E-state index contributed by atoms with van der Waals surface area (Å²) in [4.78, 5) is 15.2. The van der Waals surface area contributed by atoms with E-state index in [-0.39, 0.29) is 0 Å². The minimum absolute atomic E-state index is 0.352. The zero-order valence-corrected chi connectivity index (χ0v) is 8.19. The number of nitrogens with zero attached hydrogens (tertiary/aromatic N) is 1. The van der Waals surface area contributed by atoms with Gasteiger partial charge in [-0.3, -0.25) is 9.78 Å². The zero-order valence-electron chi connectivity index (χ0n) is 8.19. The Morgan fingerprint density at radius 3 is 3.00 bits per heavy atom. The summed E-state index contributed by atoms with van der Waals surface area (Å²) in [6.07, 6.45) is 5.83. The molecule has 1 atom stereocenters. The van der Waals surface area contributed by atoms with Crippen LogP contribution in [0.1, 0.15) is 30.7 Å². The van der Waals surface area contributed by atoms with Crippen LogP contribution in [0.25, 0.3) is 0 Å². The molecule has 3 nitrogen and oxygen atoms in total.